The number of anilines is 1. The second-order valence-electron chi connectivity index (χ2n) is 6.01. The third-order valence-corrected chi connectivity index (χ3v) is 4.30. The Morgan fingerprint density at radius 2 is 2.39 bits per heavy atom. The van der Waals surface area contributed by atoms with E-state index in [0.717, 1.165) is 12.0 Å². The maximum Gasteiger partial charge on any atom is 0.346 e. The Morgan fingerprint density at radius 3 is 3.04 bits per heavy atom. The van der Waals surface area contributed by atoms with Gasteiger partial charge >= 0.3 is 5.69 Å². The van der Waals surface area contributed by atoms with Crippen LogP contribution in [0.4, 0.5) is 10.2 Å². The Balaban J connectivity index is 1.86. The van der Waals surface area contributed by atoms with Crippen molar-refractivity contribution in [1.29, 1.82) is 0 Å². The summed E-state index contributed by atoms with van der Waals surface area (Å²) in [6.07, 6.45) is 7.25. The first kappa shape index (κ1) is 15.9. The van der Waals surface area contributed by atoms with E-state index in [-0.39, 0.29) is 11.4 Å². The Hall–Kier alpha value is -1.99. The molecule has 4 N–H and O–H groups in total. The fourth-order valence-electron chi connectivity index (χ4n) is 3.01. The number of nitrogens with zero attached hydrogens (tertiary/aromatic N) is 1. The molecule has 0 unspecified atom stereocenters. The number of aromatic nitrogens is 2. The normalized spacial score (nSPS) is 33.7. The van der Waals surface area contributed by atoms with E-state index in [2.05, 4.69) is 9.97 Å². The zero-order chi connectivity index (χ0) is 16.6. The minimum atomic E-state index is -2.04. The van der Waals surface area contributed by atoms with Gasteiger partial charge in [-0.15, -0.1) is 0 Å². The maximum atomic E-state index is 15.0. The fraction of sp³-hybridized carbons (Fsp3) is 0.438. The number of hydrogen-bond donors (Lipinski definition) is 3. The van der Waals surface area contributed by atoms with Gasteiger partial charge in [-0.25, -0.2) is 9.18 Å². The molecule has 2 heterocycles. The van der Waals surface area contributed by atoms with E-state index in [1.54, 1.807) is 0 Å². The molecule has 1 fully saturated rings. The van der Waals surface area contributed by atoms with E-state index in [4.69, 9.17) is 10.5 Å². The van der Waals surface area contributed by atoms with E-state index in [1.807, 2.05) is 24.6 Å². The van der Waals surface area contributed by atoms with Gasteiger partial charge in [0, 0.05) is 11.8 Å². The van der Waals surface area contributed by atoms with Crippen LogP contribution in [0.3, 0.4) is 0 Å². The van der Waals surface area contributed by atoms with Crippen molar-refractivity contribution in [1.82, 2.24) is 9.97 Å². The molecule has 0 amide bonds. The highest BCUT2D eigenvalue weighted by Gasteiger charge is 2.55. The topological polar surface area (TPSA) is 101 Å². The Labute approximate surface area is 132 Å². The summed E-state index contributed by atoms with van der Waals surface area (Å²) in [6, 6.07) is 0. The zero-order valence-electron chi connectivity index (χ0n) is 12.7. The van der Waals surface area contributed by atoms with Gasteiger partial charge in [-0.3, -0.25) is 0 Å². The molecule has 1 aliphatic heterocycles. The SMILES string of the molecule is C[C@]1(F)[C@@H](c2c[nH]c(=O)nc2N)O[C@H](CC2=CC=CC[CH]2)[C@H]1O. The van der Waals surface area contributed by atoms with Crippen LogP contribution >= 0.6 is 0 Å². The van der Waals surface area contributed by atoms with Gasteiger partial charge in [0.1, 0.15) is 18.0 Å². The average Bonchev–Trinajstić information content (AvgIpc) is 2.72. The highest BCUT2D eigenvalue weighted by atomic mass is 19.1. The molecule has 3 rings (SSSR count). The minimum absolute atomic E-state index is 0.0955. The standard InChI is InChI=1S/C16H19FN3O3/c1-16(17)12(21)11(7-9-5-3-2-4-6-9)23-13(16)10-8-19-15(22)20-14(10)18/h2-3,5-6,8,11-13,21H,4,7H2,1H3,(H3,18,19,20,22)/t11-,12-,13-,16-/m1/s1. The first-order chi connectivity index (χ1) is 10.9. The van der Waals surface area contributed by atoms with Crippen molar-refractivity contribution in [2.75, 3.05) is 5.73 Å². The average molecular weight is 320 g/mol. The van der Waals surface area contributed by atoms with Gasteiger partial charge in [-0.05, 0) is 26.2 Å². The van der Waals surface area contributed by atoms with Gasteiger partial charge in [0.05, 0.1) is 6.10 Å². The molecule has 0 bridgehead atoms. The van der Waals surface area contributed by atoms with Gasteiger partial charge in [0.25, 0.3) is 0 Å². The molecule has 0 spiro atoms. The second kappa shape index (κ2) is 5.90. The Morgan fingerprint density at radius 1 is 1.61 bits per heavy atom. The molecule has 1 aliphatic carbocycles. The molecule has 7 heteroatoms. The van der Waals surface area contributed by atoms with E-state index < -0.39 is 29.7 Å². The summed E-state index contributed by atoms with van der Waals surface area (Å²) in [5, 5.41) is 10.3. The molecule has 1 radical (unpaired) electrons. The van der Waals surface area contributed by atoms with Crippen LogP contribution in [0.25, 0.3) is 0 Å². The summed E-state index contributed by atoms with van der Waals surface area (Å²) < 4.78 is 20.8. The maximum absolute atomic E-state index is 15.0. The van der Waals surface area contributed by atoms with Crippen molar-refractivity contribution in [2.24, 2.45) is 0 Å². The molecular weight excluding hydrogens is 301 g/mol. The first-order valence-electron chi connectivity index (χ1n) is 7.46. The van der Waals surface area contributed by atoms with E-state index in [0.29, 0.717) is 6.42 Å². The molecule has 1 saturated heterocycles. The lowest BCUT2D eigenvalue weighted by Gasteiger charge is -2.24. The number of aliphatic hydroxyl groups excluding tert-OH is 1. The van der Waals surface area contributed by atoms with Crippen LogP contribution in [0.1, 0.15) is 31.4 Å². The monoisotopic (exact) mass is 320 g/mol. The van der Waals surface area contributed by atoms with Crippen molar-refractivity contribution in [3.8, 4) is 0 Å². The molecule has 1 aromatic heterocycles. The molecule has 6 nitrogen and oxygen atoms in total. The van der Waals surface area contributed by atoms with Crippen LogP contribution in [-0.4, -0.2) is 33.0 Å². The number of H-pyrrole nitrogens is 1. The van der Waals surface area contributed by atoms with Crippen LogP contribution < -0.4 is 11.4 Å². The highest BCUT2D eigenvalue weighted by Crippen LogP contribution is 2.46. The van der Waals surface area contributed by atoms with Gasteiger partial charge in [-0.1, -0.05) is 23.8 Å². The largest absolute Gasteiger partial charge is 0.387 e. The predicted molar refractivity (Wildman–Crippen MR) is 83.2 cm³/mol. The first-order valence-corrected chi connectivity index (χ1v) is 7.46. The van der Waals surface area contributed by atoms with Crippen molar-refractivity contribution in [3.63, 3.8) is 0 Å². The lowest BCUT2D eigenvalue weighted by Crippen LogP contribution is -2.38. The van der Waals surface area contributed by atoms with Crippen LogP contribution in [0, 0.1) is 6.42 Å². The molecule has 123 valence electrons. The summed E-state index contributed by atoms with van der Waals surface area (Å²) >= 11 is 0. The number of allylic oxidation sites excluding steroid dienone is 3. The van der Waals surface area contributed by atoms with Crippen LogP contribution in [0.15, 0.2) is 34.8 Å². The molecule has 23 heavy (non-hydrogen) atoms. The van der Waals surface area contributed by atoms with Crippen molar-refractivity contribution >= 4 is 5.82 Å². The fourth-order valence-corrected chi connectivity index (χ4v) is 3.01. The van der Waals surface area contributed by atoms with Gasteiger partial charge in [-0.2, -0.15) is 4.98 Å². The third-order valence-electron chi connectivity index (χ3n) is 4.30. The van der Waals surface area contributed by atoms with E-state index in [9.17, 15) is 9.90 Å². The Bertz CT molecular complexity index is 711. The van der Waals surface area contributed by atoms with Gasteiger partial charge in [0.15, 0.2) is 5.67 Å². The Kier molecular flexibility index (Phi) is 4.08. The number of aromatic amines is 1. The van der Waals surface area contributed by atoms with Gasteiger partial charge in [0.2, 0.25) is 0 Å². The third kappa shape index (κ3) is 2.94. The number of rotatable bonds is 3. The predicted octanol–water partition coefficient (Wildman–Crippen LogP) is 1.36. The summed E-state index contributed by atoms with van der Waals surface area (Å²) in [7, 11) is 0. The summed E-state index contributed by atoms with van der Waals surface area (Å²) in [5.74, 6) is -0.0955. The number of nitrogens with one attached hydrogen (secondary N) is 1. The van der Waals surface area contributed by atoms with E-state index in [1.165, 1.54) is 13.1 Å². The lowest BCUT2D eigenvalue weighted by molar-refractivity contribution is 0.00142. The number of aliphatic hydroxyl groups is 1. The molecule has 2 aliphatic rings. The van der Waals surface area contributed by atoms with Gasteiger partial charge < -0.3 is 20.6 Å². The lowest BCUT2D eigenvalue weighted by atomic mass is 9.88. The number of hydrogen-bond acceptors (Lipinski definition) is 5. The molecule has 4 atom stereocenters. The van der Waals surface area contributed by atoms with Crippen molar-refractivity contribution in [2.45, 2.75) is 43.7 Å². The molecule has 0 aromatic carbocycles. The van der Waals surface area contributed by atoms with Crippen LogP contribution in [-0.2, 0) is 4.74 Å². The highest BCUT2D eigenvalue weighted by molar-refractivity contribution is 5.41. The van der Waals surface area contributed by atoms with Crippen molar-refractivity contribution in [3.05, 3.63) is 52.5 Å². The number of alkyl halides is 1. The number of halogens is 1. The van der Waals surface area contributed by atoms with Crippen molar-refractivity contribution < 1.29 is 14.2 Å². The smallest absolute Gasteiger partial charge is 0.346 e. The minimum Gasteiger partial charge on any atom is -0.387 e. The van der Waals surface area contributed by atoms with Crippen LogP contribution in [0.5, 0.6) is 0 Å². The van der Waals surface area contributed by atoms with Crippen LogP contribution in [0.2, 0.25) is 0 Å². The molecule has 0 saturated carbocycles. The molecular formula is C16H19FN3O3. The number of ether oxygens (including phenoxy) is 1. The number of nitrogens with two attached hydrogens (primary N) is 1. The second-order valence-corrected chi connectivity index (χ2v) is 6.01. The number of nitrogen functional groups attached to an aromatic ring is 1. The summed E-state index contributed by atoms with van der Waals surface area (Å²) in [5.41, 5.74) is 4.28. The van der Waals surface area contributed by atoms with E-state index >= 15 is 4.39 Å². The molecule has 1 aromatic rings. The summed E-state index contributed by atoms with van der Waals surface area (Å²) in [6.45, 7) is 1.27. The zero-order valence-corrected chi connectivity index (χ0v) is 12.7. The quantitative estimate of drug-likeness (QED) is 0.780. The summed E-state index contributed by atoms with van der Waals surface area (Å²) in [4.78, 5) is 17.1.